The van der Waals surface area contributed by atoms with Crippen LogP contribution in [0.25, 0.3) is 21.8 Å². The molecule has 2 aromatic heterocycles. The minimum absolute atomic E-state index is 0.718. The summed E-state index contributed by atoms with van der Waals surface area (Å²) in [7, 11) is 0. The maximum Gasteiger partial charge on any atom is 0.163 e. The number of rotatable bonds is 7. The van der Waals surface area contributed by atoms with Gasteiger partial charge in [0.25, 0.3) is 0 Å². The third-order valence-electron chi connectivity index (χ3n) is 8.69. The van der Waals surface area contributed by atoms with Crippen LogP contribution in [0.5, 0.6) is 0 Å². The Kier molecular flexibility index (Phi) is 8.95. The van der Waals surface area contributed by atoms with Crippen molar-refractivity contribution in [2.75, 3.05) is 72.4 Å². The molecule has 2 aliphatic heterocycles. The lowest BCUT2D eigenvalue weighted by atomic mass is 10.2. The molecule has 0 bridgehead atoms. The molecular formula is C36H32BrIN8O2. The summed E-state index contributed by atoms with van der Waals surface area (Å²) in [5, 5.41) is 6.11. The van der Waals surface area contributed by atoms with Crippen molar-refractivity contribution >= 4 is 94.7 Å². The van der Waals surface area contributed by atoms with Gasteiger partial charge in [0.2, 0.25) is 0 Å². The smallest absolute Gasteiger partial charge is 0.163 e. The molecule has 0 amide bonds. The van der Waals surface area contributed by atoms with Crippen molar-refractivity contribution in [3.8, 4) is 0 Å². The van der Waals surface area contributed by atoms with E-state index in [0.717, 1.165) is 117 Å². The van der Waals surface area contributed by atoms with E-state index >= 15 is 0 Å². The number of nitrogens with zero attached hydrogens (tertiary/aromatic N) is 8. The second-order valence-corrected chi connectivity index (χ2v) is 13.7. The molecule has 12 heteroatoms. The first kappa shape index (κ1) is 31.2. The lowest BCUT2D eigenvalue weighted by Crippen LogP contribution is -2.38. The summed E-state index contributed by atoms with van der Waals surface area (Å²) in [6.07, 6.45) is 3.26. The third kappa shape index (κ3) is 6.25. The maximum atomic E-state index is 5.62. The van der Waals surface area contributed by atoms with Crippen LogP contribution in [0.3, 0.4) is 0 Å². The minimum Gasteiger partial charge on any atom is -0.378 e. The molecule has 0 saturated carbocycles. The van der Waals surface area contributed by atoms with E-state index in [1.54, 1.807) is 12.7 Å². The highest BCUT2D eigenvalue weighted by atomic mass is 127. The second-order valence-electron chi connectivity index (χ2n) is 11.6. The molecule has 0 atom stereocenters. The van der Waals surface area contributed by atoms with E-state index in [1.165, 1.54) is 0 Å². The number of hydrazine groups is 1. The van der Waals surface area contributed by atoms with Gasteiger partial charge in [0.1, 0.15) is 12.7 Å². The lowest BCUT2D eigenvalue weighted by molar-refractivity contribution is 0.122. The predicted octanol–water partition coefficient (Wildman–Crippen LogP) is 7.50. The molecule has 4 aromatic carbocycles. The quantitative estimate of drug-likeness (QED) is 0.119. The van der Waals surface area contributed by atoms with Gasteiger partial charge in [0, 0.05) is 56.4 Å². The van der Waals surface area contributed by atoms with E-state index in [0.29, 0.717) is 0 Å². The Balaban J connectivity index is 1.35. The Morgan fingerprint density at radius 2 is 1.02 bits per heavy atom. The SMILES string of the molecule is Brc1ccc2ncnc(N(c3ccc(N4CCOCC4)cc3)N(c3ccc(N4CCOCC4)cc3)c3ncnc4ccc(I)cc34)c2c1. The zero-order valence-electron chi connectivity index (χ0n) is 26.0. The molecule has 0 N–H and O–H groups in total. The van der Waals surface area contributed by atoms with Gasteiger partial charge in [-0.05, 0) is 108 Å². The molecule has 48 heavy (non-hydrogen) atoms. The number of anilines is 6. The number of halogens is 2. The van der Waals surface area contributed by atoms with E-state index in [-0.39, 0.29) is 0 Å². The van der Waals surface area contributed by atoms with E-state index in [1.807, 2.05) is 18.2 Å². The zero-order chi connectivity index (χ0) is 32.5. The number of fused-ring (bicyclic) bond motifs is 2. The molecular weight excluding hydrogens is 783 g/mol. The van der Waals surface area contributed by atoms with Gasteiger partial charge in [-0.3, -0.25) is 0 Å². The van der Waals surface area contributed by atoms with Crippen molar-refractivity contribution in [1.29, 1.82) is 0 Å². The average molecular weight is 816 g/mol. The lowest BCUT2D eigenvalue weighted by Gasteiger charge is -2.38. The fourth-order valence-electron chi connectivity index (χ4n) is 6.29. The molecule has 242 valence electrons. The molecule has 2 saturated heterocycles. The first-order valence-corrected chi connectivity index (χ1v) is 17.8. The molecule has 0 radical (unpaired) electrons. The number of hydrogen-bond acceptors (Lipinski definition) is 10. The van der Waals surface area contributed by atoms with Crippen LogP contribution in [0.1, 0.15) is 0 Å². The first-order chi connectivity index (χ1) is 23.6. The Morgan fingerprint density at radius 3 is 1.52 bits per heavy atom. The van der Waals surface area contributed by atoms with Gasteiger partial charge < -0.3 is 19.3 Å². The predicted molar refractivity (Wildman–Crippen MR) is 203 cm³/mol. The van der Waals surface area contributed by atoms with E-state index in [4.69, 9.17) is 19.4 Å². The van der Waals surface area contributed by atoms with Crippen LogP contribution in [0.4, 0.5) is 34.4 Å². The summed E-state index contributed by atoms with van der Waals surface area (Å²) in [5.41, 5.74) is 5.84. The van der Waals surface area contributed by atoms with Crippen molar-refractivity contribution in [3.05, 3.63) is 106 Å². The van der Waals surface area contributed by atoms with Crippen LogP contribution >= 0.6 is 38.5 Å². The number of aromatic nitrogens is 4. The largest absolute Gasteiger partial charge is 0.378 e. The van der Waals surface area contributed by atoms with Gasteiger partial charge in [0.05, 0.1) is 48.8 Å². The highest BCUT2D eigenvalue weighted by Gasteiger charge is 2.28. The number of hydrogen-bond donors (Lipinski definition) is 0. The van der Waals surface area contributed by atoms with Crippen LogP contribution in [0.15, 0.2) is 102 Å². The van der Waals surface area contributed by atoms with Crippen LogP contribution < -0.4 is 19.8 Å². The van der Waals surface area contributed by atoms with Crippen LogP contribution in [-0.4, -0.2) is 72.5 Å². The van der Waals surface area contributed by atoms with Gasteiger partial charge in [0.15, 0.2) is 11.6 Å². The van der Waals surface area contributed by atoms with Crippen molar-refractivity contribution in [2.45, 2.75) is 0 Å². The summed E-state index contributed by atoms with van der Waals surface area (Å²) >= 11 is 6.05. The fourth-order valence-corrected chi connectivity index (χ4v) is 7.14. The molecule has 2 fully saturated rings. The summed E-state index contributed by atoms with van der Waals surface area (Å²) in [4.78, 5) is 23.9. The Hall–Kier alpha value is -4.11. The van der Waals surface area contributed by atoms with Gasteiger partial charge in [-0.25, -0.2) is 30.0 Å². The number of morpholine rings is 2. The molecule has 0 spiro atoms. The Morgan fingerprint density at radius 1 is 0.562 bits per heavy atom. The van der Waals surface area contributed by atoms with Crippen molar-refractivity contribution in [2.24, 2.45) is 0 Å². The molecule has 8 rings (SSSR count). The molecule has 0 unspecified atom stereocenters. The van der Waals surface area contributed by atoms with Crippen molar-refractivity contribution < 1.29 is 9.47 Å². The Labute approximate surface area is 300 Å². The van der Waals surface area contributed by atoms with Gasteiger partial charge in [-0.2, -0.15) is 0 Å². The van der Waals surface area contributed by atoms with Crippen molar-refractivity contribution in [1.82, 2.24) is 19.9 Å². The van der Waals surface area contributed by atoms with Gasteiger partial charge >= 0.3 is 0 Å². The highest BCUT2D eigenvalue weighted by Crippen LogP contribution is 2.41. The summed E-state index contributed by atoms with van der Waals surface area (Å²) < 4.78 is 13.3. The standard InChI is InChI=1S/C36H32BrIN8O2/c37-25-1-11-33-31(21-25)35(41-23-39-33)45(29-7-3-27(4-8-29)43-13-17-47-18-14-43)46(36-32-22-26(38)2-12-34(32)40-24-42-36)30-9-5-28(6-10-30)44-15-19-48-20-16-44/h1-12,21-24H,13-20H2. The molecule has 0 aliphatic carbocycles. The fraction of sp³-hybridized carbons (Fsp3) is 0.222. The summed E-state index contributed by atoms with van der Waals surface area (Å²) in [6.45, 7) is 6.35. The summed E-state index contributed by atoms with van der Waals surface area (Å²) in [6, 6.07) is 29.6. The monoisotopic (exact) mass is 814 g/mol. The van der Waals surface area contributed by atoms with Crippen LogP contribution in [-0.2, 0) is 9.47 Å². The second kappa shape index (κ2) is 13.8. The van der Waals surface area contributed by atoms with Crippen LogP contribution in [0, 0.1) is 3.57 Å². The maximum absolute atomic E-state index is 5.62. The first-order valence-electron chi connectivity index (χ1n) is 15.9. The molecule has 2 aliphatic rings. The van der Waals surface area contributed by atoms with E-state index < -0.39 is 0 Å². The highest BCUT2D eigenvalue weighted by molar-refractivity contribution is 14.1. The normalized spacial score (nSPS) is 15.2. The topological polar surface area (TPSA) is 83.0 Å². The minimum atomic E-state index is 0.718. The van der Waals surface area contributed by atoms with Gasteiger partial charge in [-0.1, -0.05) is 15.9 Å². The molecule has 6 aromatic rings. The zero-order valence-corrected chi connectivity index (χ0v) is 29.8. The van der Waals surface area contributed by atoms with Crippen LogP contribution in [0.2, 0.25) is 0 Å². The number of ether oxygens (including phenoxy) is 2. The van der Waals surface area contributed by atoms with E-state index in [9.17, 15) is 0 Å². The molecule has 10 nitrogen and oxygen atoms in total. The third-order valence-corrected chi connectivity index (χ3v) is 9.86. The number of benzene rings is 4. The van der Waals surface area contributed by atoms with Gasteiger partial charge in [-0.15, -0.1) is 0 Å². The summed E-state index contributed by atoms with van der Waals surface area (Å²) in [5.74, 6) is 1.45. The molecule has 4 heterocycles. The van der Waals surface area contributed by atoms with E-state index in [2.05, 4.69) is 135 Å². The average Bonchev–Trinajstić information content (AvgIpc) is 3.14. The Bertz CT molecular complexity index is 1910. The van der Waals surface area contributed by atoms with Crippen molar-refractivity contribution in [3.63, 3.8) is 0 Å².